The third kappa shape index (κ3) is 4.47. The van der Waals surface area contributed by atoms with Crippen molar-refractivity contribution >= 4 is 11.8 Å². The van der Waals surface area contributed by atoms with Gasteiger partial charge in [0.15, 0.2) is 0 Å². The molecule has 0 spiro atoms. The lowest BCUT2D eigenvalue weighted by atomic mass is 10.0. The number of hydrogen-bond acceptors (Lipinski definition) is 3. The third-order valence-electron chi connectivity index (χ3n) is 3.85. The molecule has 24 heavy (non-hydrogen) atoms. The number of carbonyl (C=O) groups is 2. The molecular weight excluding hydrogens is 304 g/mol. The van der Waals surface area contributed by atoms with Crippen molar-refractivity contribution < 1.29 is 14.0 Å². The van der Waals surface area contributed by atoms with Gasteiger partial charge >= 0.3 is 0 Å². The van der Waals surface area contributed by atoms with E-state index in [-0.39, 0.29) is 17.7 Å². The summed E-state index contributed by atoms with van der Waals surface area (Å²) >= 11 is 0. The van der Waals surface area contributed by atoms with E-state index in [0.717, 1.165) is 5.56 Å². The monoisotopic (exact) mass is 328 g/mol. The van der Waals surface area contributed by atoms with Crippen molar-refractivity contribution in [3.63, 3.8) is 0 Å². The average molecular weight is 328 g/mol. The van der Waals surface area contributed by atoms with Gasteiger partial charge in [-0.15, -0.1) is 0 Å². The molecule has 0 aliphatic rings. The first kappa shape index (κ1) is 17.8. The highest BCUT2D eigenvalue weighted by Gasteiger charge is 2.27. The van der Waals surface area contributed by atoms with E-state index >= 15 is 0 Å². The molecule has 5 nitrogen and oxygen atoms in total. The molecule has 1 aromatic carbocycles. The fourth-order valence-electron chi connectivity index (χ4n) is 2.48. The summed E-state index contributed by atoms with van der Waals surface area (Å²) in [5, 5.41) is 2.86. The molecule has 128 valence electrons. The Hall–Kier alpha value is -2.56. The first-order chi connectivity index (χ1) is 11.4. The number of amides is 2. The minimum atomic E-state index is -0.585. The zero-order valence-corrected chi connectivity index (χ0v) is 14.6. The van der Waals surface area contributed by atoms with Crippen LogP contribution in [0.4, 0.5) is 0 Å². The van der Waals surface area contributed by atoms with Crippen LogP contribution >= 0.6 is 0 Å². The molecule has 5 heteroatoms. The Morgan fingerprint density at radius 3 is 2.54 bits per heavy atom. The second-order valence-electron chi connectivity index (χ2n) is 6.34. The lowest BCUT2D eigenvalue weighted by molar-refractivity contribution is -0.133. The predicted molar refractivity (Wildman–Crippen MR) is 92.5 cm³/mol. The molecule has 1 unspecified atom stereocenters. The van der Waals surface area contributed by atoms with Gasteiger partial charge in [0.05, 0.1) is 12.8 Å². The Kier molecular flexibility index (Phi) is 5.79. The van der Waals surface area contributed by atoms with Crippen LogP contribution in [0.5, 0.6) is 0 Å². The van der Waals surface area contributed by atoms with Crippen LogP contribution in [0.2, 0.25) is 0 Å². The van der Waals surface area contributed by atoms with E-state index in [4.69, 9.17) is 4.42 Å². The van der Waals surface area contributed by atoms with Gasteiger partial charge in [-0.2, -0.15) is 0 Å². The summed E-state index contributed by atoms with van der Waals surface area (Å²) in [4.78, 5) is 26.7. The summed E-state index contributed by atoms with van der Waals surface area (Å²) in [6.45, 7) is 6.13. The van der Waals surface area contributed by atoms with E-state index in [9.17, 15) is 9.59 Å². The van der Waals surface area contributed by atoms with Gasteiger partial charge in [-0.3, -0.25) is 9.59 Å². The highest BCUT2D eigenvalue weighted by molar-refractivity contribution is 5.97. The number of rotatable bonds is 6. The van der Waals surface area contributed by atoms with Gasteiger partial charge in [0.1, 0.15) is 11.8 Å². The summed E-state index contributed by atoms with van der Waals surface area (Å²) in [6, 6.07) is 10.3. The van der Waals surface area contributed by atoms with Gasteiger partial charge in [0.2, 0.25) is 5.91 Å². The summed E-state index contributed by atoms with van der Waals surface area (Å²) in [5.74, 6) is 0.309. The fourth-order valence-corrected chi connectivity index (χ4v) is 2.48. The number of likely N-dealkylation sites (N-methyl/N-ethyl adjacent to an activating group) is 1. The van der Waals surface area contributed by atoms with Crippen molar-refractivity contribution in [2.45, 2.75) is 33.4 Å². The Morgan fingerprint density at radius 2 is 1.96 bits per heavy atom. The van der Waals surface area contributed by atoms with Crippen LogP contribution in [0.15, 0.2) is 47.1 Å². The molecule has 0 aliphatic carbocycles. The number of aryl methyl sites for hydroxylation is 1. The van der Waals surface area contributed by atoms with Crippen LogP contribution in [-0.4, -0.2) is 29.8 Å². The maximum atomic E-state index is 12.7. The SMILES string of the molecule is Cc1cccc(C(=O)NC(C(=O)N(C)Cc2ccco2)C(C)C)c1. The van der Waals surface area contributed by atoms with Gasteiger partial charge in [-0.05, 0) is 37.1 Å². The van der Waals surface area contributed by atoms with Crippen molar-refractivity contribution in [2.75, 3.05) is 7.05 Å². The molecule has 1 heterocycles. The molecule has 2 rings (SSSR count). The number of furan rings is 1. The van der Waals surface area contributed by atoms with Crippen molar-refractivity contribution in [3.8, 4) is 0 Å². The van der Waals surface area contributed by atoms with E-state index in [1.165, 1.54) is 0 Å². The summed E-state index contributed by atoms with van der Waals surface area (Å²) in [6.07, 6.45) is 1.58. The summed E-state index contributed by atoms with van der Waals surface area (Å²) in [5.41, 5.74) is 1.56. The van der Waals surface area contributed by atoms with E-state index in [0.29, 0.717) is 17.9 Å². The van der Waals surface area contributed by atoms with Crippen LogP contribution in [0.1, 0.15) is 35.5 Å². The molecule has 0 saturated heterocycles. The number of benzene rings is 1. The van der Waals surface area contributed by atoms with Crippen molar-refractivity contribution in [1.82, 2.24) is 10.2 Å². The maximum absolute atomic E-state index is 12.7. The van der Waals surface area contributed by atoms with Crippen LogP contribution < -0.4 is 5.32 Å². The number of carbonyl (C=O) groups excluding carboxylic acids is 2. The largest absolute Gasteiger partial charge is 0.467 e. The number of nitrogens with zero attached hydrogens (tertiary/aromatic N) is 1. The maximum Gasteiger partial charge on any atom is 0.251 e. The van der Waals surface area contributed by atoms with E-state index < -0.39 is 6.04 Å². The van der Waals surface area contributed by atoms with Crippen LogP contribution in [0.3, 0.4) is 0 Å². The second kappa shape index (κ2) is 7.81. The fraction of sp³-hybridized carbons (Fsp3) is 0.368. The number of nitrogens with one attached hydrogen (secondary N) is 1. The van der Waals surface area contributed by atoms with E-state index in [2.05, 4.69) is 5.32 Å². The standard InChI is InChI=1S/C19H24N2O3/c1-13(2)17(19(23)21(4)12-16-9-6-10-24-16)20-18(22)15-8-5-7-14(3)11-15/h5-11,13,17H,12H2,1-4H3,(H,20,22). The van der Waals surface area contributed by atoms with E-state index in [1.807, 2.05) is 45.0 Å². The van der Waals surface area contributed by atoms with Gasteiger partial charge in [0.25, 0.3) is 5.91 Å². The molecule has 0 bridgehead atoms. The Labute approximate surface area is 142 Å². The lowest BCUT2D eigenvalue weighted by Crippen LogP contribution is -2.50. The second-order valence-corrected chi connectivity index (χ2v) is 6.34. The zero-order valence-electron chi connectivity index (χ0n) is 14.6. The highest BCUT2D eigenvalue weighted by atomic mass is 16.3. The van der Waals surface area contributed by atoms with Gasteiger partial charge in [-0.25, -0.2) is 0 Å². The van der Waals surface area contributed by atoms with Crippen LogP contribution in [-0.2, 0) is 11.3 Å². The lowest BCUT2D eigenvalue weighted by Gasteiger charge is -2.26. The molecule has 0 aliphatic heterocycles. The van der Waals surface area contributed by atoms with Gasteiger partial charge in [-0.1, -0.05) is 31.5 Å². The average Bonchev–Trinajstić information content (AvgIpc) is 3.04. The van der Waals surface area contributed by atoms with Crippen molar-refractivity contribution in [1.29, 1.82) is 0 Å². The van der Waals surface area contributed by atoms with Crippen LogP contribution in [0, 0.1) is 12.8 Å². The Morgan fingerprint density at radius 1 is 1.21 bits per heavy atom. The molecule has 2 aromatic rings. The molecule has 1 atom stereocenters. The predicted octanol–water partition coefficient (Wildman–Crippen LogP) is 3.00. The normalized spacial score (nSPS) is 12.0. The minimum Gasteiger partial charge on any atom is -0.467 e. The molecule has 1 N–H and O–H groups in total. The third-order valence-corrected chi connectivity index (χ3v) is 3.85. The van der Waals surface area contributed by atoms with E-state index in [1.54, 1.807) is 30.3 Å². The molecule has 0 fully saturated rings. The first-order valence-electron chi connectivity index (χ1n) is 8.03. The molecule has 1 aromatic heterocycles. The molecule has 2 amide bonds. The Balaban J connectivity index is 2.08. The van der Waals surface area contributed by atoms with Gasteiger partial charge < -0.3 is 14.6 Å². The quantitative estimate of drug-likeness (QED) is 0.886. The topological polar surface area (TPSA) is 62.6 Å². The molecular formula is C19H24N2O3. The molecule has 0 radical (unpaired) electrons. The summed E-state index contributed by atoms with van der Waals surface area (Å²) < 4.78 is 5.28. The minimum absolute atomic E-state index is 0.0229. The Bertz CT molecular complexity index is 692. The van der Waals surface area contributed by atoms with Crippen LogP contribution in [0.25, 0.3) is 0 Å². The number of hydrogen-bond donors (Lipinski definition) is 1. The smallest absolute Gasteiger partial charge is 0.251 e. The van der Waals surface area contributed by atoms with Crippen molar-refractivity contribution in [3.05, 3.63) is 59.5 Å². The van der Waals surface area contributed by atoms with Gasteiger partial charge in [0, 0.05) is 12.6 Å². The first-order valence-corrected chi connectivity index (χ1v) is 8.03. The van der Waals surface area contributed by atoms with Crippen molar-refractivity contribution in [2.24, 2.45) is 5.92 Å². The molecule has 0 saturated carbocycles. The highest BCUT2D eigenvalue weighted by Crippen LogP contribution is 2.11. The summed E-state index contributed by atoms with van der Waals surface area (Å²) in [7, 11) is 1.71. The zero-order chi connectivity index (χ0) is 17.7.